The Morgan fingerprint density at radius 3 is 2.85 bits per heavy atom. The third kappa shape index (κ3) is 2.87. The van der Waals surface area contributed by atoms with Gasteiger partial charge in [-0.25, -0.2) is 4.39 Å². The average molecular weight is 276 g/mol. The Kier molecular flexibility index (Phi) is 4.17. The second kappa shape index (κ2) is 5.86. The van der Waals surface area contributed by atoms with E-state index in [4.69, 9.17) is 0 Å². The van der Waals surface area contributed by atoms with Gasteiger partial charge in [-0.1, -0.05) is 18.7 Å². The molecule has 106 valence electrons. The zero-order valence-electron chi connectivity index (χ0n) is 11.4. The average Bonchev–Trinajstić information content (AvgIpc) is 2.36. The van der Waals surface area contributed by atoms with E-state index in [0.717, 1.165) is 12.0 Å². The zero-order chi connectivity index (χ0) is 14.7. The number of halogens is 1. The number of carbonyl (C=O) groups excluding carboxylic acids is 2. The summed E-state index contributed by atoms with van der Waals surface area (Å²) in [5.74, 6) is -0.731. The van der Waals surface area contributed by atoms with E-state index >= 15 is 0 Å². The maximum Gasteiger partial charge on any atom is 0.246 e. The molecular weight excluding hydrogens is 259 g/mol. The van der Waals surface area contributed by atoms with Crippen molar-refractivity contribution in [1.82, 2.24) is 9.80 Å². The van der Waals surface area contributed by atoms with Crippen molar-refractivity contribution < 1.29 is 14.0 Å². The van der Waals surface area contributed by atoms with Crippen molar-refractivity contribution in [1.29, 1.82) is 0 Å². The molecular formula is C15H17FN2O2. The quantitative estimate of drug-likeness (QED) is 0.786. The third-order valence-corrected chi connectivity index (χ3v) is 3.50. The minimum atomic E-state index is -0.305. The van der Waals surface area contributed by atoms with Crippen LogP contribution in [0.3, 0.4) is 0 Å². The molecule has 0 bridgehead atoms. The first-order valence-corrected chi connectivity index (χ1v) is 6.45. The third-order valence-electron chi connectivity index (χ3n) is 3.50. The maximum atomic E-state index is 13.2. The van der Waals surface area contributed by atoms with Crippen LogP contribution in [-0.4, -0.2) is 41.8 Å². The Morgan fingerprint density at radius 1 is 1.55 bits per heavy atom. The molecule has 5 heteroatoms. The summed E-state index contributed by atoms with van der Waals surface area (Å²) < 4.78 is 13.2. The Bertz CT molecular complexity index is 544. The van der Waals surface area contributed by atoms with Crippen LogP contribution in [0.4, 0.5) is 4.39 Å². The summed E-state index contributed by atoms with van der Waals surface area (Å²) in [5, 5.41) is 0. The number of rotatable bonds is 4. The summed E-state index contributed by atoms with van der Waals surface area (Å²) >= 11 is 0. The fourth-order valence-electron chi connectivity index (χ4n) is 2.27. The predicted molar refractivity (Wildman–Crippen MR) is 73.3 cm³/mol. The fourth-order valence-corrected chi connectivity index (χ4v) is 2.27. The van der Waals surface area contributed by atoms with Gasteiger partial charge in [0.2, 0.25) is 11.8 Å². The van der Waals surface area contributed by atoms with Crippen molar-refractivity contribution in [2.45, 2.75) is 12.5 Å². The predicted octanol–water partition coefficient (Wildman–Crippen LogP) is 1.74. The lowest BCUT2D eigenvalue weighted by molar-refractivity contribution is -0.143. The van der Waals surface area contributed by atoms with E-state index in [2.05, 4.69) is 6.58 Å². The fraction of sp³-hybridized carbons (Fsp3) is 0.333. The van der Waals surface area contributed by atoms with Crippen LogP contribution in [0, 0.1) is 5.82 Å². The lowest BCUT2D eigenvalue weighted by Gasteiger charge is -2.42. The SMILES string of the molecule is C=CC(=O)N(C)CC(=O)N1CCC1c1cccc(F)c1. The molecule has 20 heavy (non-hydrogen) atoms. The maximum absolute atomic E-state index is 13.2. The molecule has 1 aliphatic heterocycles. The largest absolute Gasteiger partial charge is 0.334 e. The summed E-state index contributed by atoms with van der Waals surface area (Å²) in [6, 6.07) is 6.18. The van der Waals surface area contributed by atoms with E-state index < -0.39 is 0 Å². The lowest BCUT2D eigenvalue weighted by Crippen LogP contribution is -2.49. The monoisotopic (exact) mass is 276 g/mol. The van der Waals surface area contributed by atoms with Crippen molar-refractivity contribution in [3.63, 3.8) is 0 Å². The molecule has 1 unspecified atom stereocenters. The number of nitrogens with zero attached hydrogens (tertiary/aromatic N) is 2. The zero-order valence-corrected chi connectivity index (χ0v) is 11.4. The number of likely N-dealkylation sites (N-methyl/N-ethyl adjacent to an activating group) is 1. The molecule has 0 spiro atoms. The summed E-state index contributed by atoms with van der Waals surface area (Å²) in [4.78, 5) is 26.5. The van der Waals surface area contributed by atoms with Crippen LogP contribution in [0.15, 0.2) is 36.9 Å². The van der Waals surface area contributed by atoms with E-state index in [9.17, 15) is 14.0 Å². The van der Waals surface area contributed by atoms with Gasteiger partial charge in [0.05, 0.1) is 12.6 Å². The molecule has 1 aromatic carbocycles. The molecule has 1 fully saturated rings. The molecule has 0 saturated carbocycles. The number of hydrogen-bond acceptors (Lipinski definition) is 2. The second-order valence-corrected chi connectivity index (χ2v) is 4.85. The Balaban J connectivity index is 2.01. The molecule has 1 heterocycles. The normalized spacial score (nSPS) is 17.3. The van der Waals surface area contributed by atoms with Crippen LogP contribution in [0.2, 0.25) is 0 Å². The molecule has 0 N–H and O–H groups in total. The van der Waals surface area contributed by atoms with Crippen LogP contribution < -0.4 is 0 Å². The minimum absolute atomic E-state index is 0.0106. The molecule has 1 saturated heterocycles. The highest BCUT2D eigenvalue weighted by Gasteiger charge is 2.33. The first kappa shape index (κ1) is 14.2. The lowest BCUT2D eigenvalue weighted by atomic mass is 9.94. The van der Waals surface area contributed by atoms with Crippen LogP contribution >= 0.6 is 0 Å². The van der Waals surface area contributed by atoms with Crippen LogP contribution in [0.1, 0.15) is 18.0 Å². The van der Waals surface area contributed by atoms with Gasteiger partial charge in [0.15, 0.2) is 0 Å². The summed E-state index contributed by atoms with van der Waals surface area (Å²) in [6.45, 7) is 4.03. The van der Waals surface area contributed by atoms with Crippen molar-refractivity contribution in [2.75, 3.05) is 20.1 Å². The topological polar surface area (TPSA) is 40.6 Å². The van der Waals surface area contributed by atoms with Crippen molar-refractivity contribution in [2.24, 2.45) is 0 Å². The second-order valence-electron chi connectivity index (χ2n) is 4.85. The number of benzene rings is 1. The standard InChI is InChI=1S/C15H17FN2O2/c1-3-14(19)17(2)10-15(20)18-8-7-13(18)11-5-4-6-12(16)9-11/h3-6,9,13H,1,7-8,10H2,2H3. The Labute approximate surface area is 117 Å². The first-order chi connectivity index (χ1) is 9.52. The van der Waals surface area contributed by atoms with Crippen molar-refractivity contribution >= 4 is 11.8 Å². The number of carbonyl (C=O) groups is 2. The molecule has 0 aromatic heterocycles. The number of likely N-dealkylation sites (tertiary alicyclic amines) is 1. The van der Waals surface area contributed by atoms with E-state index in [1.807, 2.05) is 6.07 Å². The number of hydrogen-bond donors (Lipinski definition) is 0. The van der Waals surface area contributed by atoms with Gasteiger partial charge in [0.25, 0.3) is 0 Å². The molecule has 1 aliphatic rings. The summed E-state index contributed by atoms with van der Waals surface area (Å²) in [6.07, 6.45) is 1.99. The van der Waals surface area contributed by atoms with E-state index in [1.165, 1.54) is 23.1 Å². The van der Waals surface area contributed by atoms with Crippen LogP contribution in [-0.2, 0) is 9.59 Å². The highest BCUT2D eigenvalue weighted by atomic mass is 19.1. The summed E-state index contributed by atoms with van der Waals surface area (Å²) in [5.41, 5.74) is 0.794. The van der Waals surface area contributed by atoms with Gasteiger partial charge in [-0.15, -0.1) is 0 Å². The highest BCUT2D eigenvalue weighted by molar-refractivity contribution is 5.90. The van der Waals surface area contributed by atoms with Gasteiger partial charge >= 0.3 is 0 Å². The van der Waals surface area contributed by atoms with Gasteiger partial charge in [-0.05, 0) is 30.2 Å². The molecule has 2 rings (SSSR count). The number of amides is 2. The smallest absolute Gasteiger partial charge is 0.246 e. The molecule has 1 atom stereocenters. The molecule has 1 aromatic rings. The molecule has 4 nitrogen and oxygen atoms in total. The molecule has 0 radical (unpaired) electrons. The van der Waals surface area contributed by atoms with Crippen LogP contribution in [0.25, 0.3) is 0 Å². The first-order valence-electron chi connectivity index (χ1n) is 6.45. The minimum Gasteiger partial charge on any atom is -0.334 e. The van der Waals surface area contributed by atoms with Crippen molar-refractivity contribution in [3.05, 3.63) is 48.3 Å². The van der Waals surface area contributed by atoms with Gasteiger partial charge < -0.3 is 9.80 Å². The molecule has 0 aliphatic carbocycles. The van der Waals surface area contributed by atoms with E-state index in [1.54, 1.807) is 18.0 Å². The Morgan fingerprint density at radius 2 is 2.30 bits per heavy atom. The van der Waals surface area contributed by atoms with Gasteiger partial charge in [0, 0.05) is 13.6 Å². The van der Waals surface area contributed by atoms with Gasteiger partial charge in [0.1, 0.15) is 5.82 Å². The van der Waals surface area contributed by atoms with Gasteiger partial charge in [-0.3, -0.25) is 9.59 Å². The highest BCUT2D eigenvalue weighted by Crippen LogP contribution is 2.33. The van der Waals surface area contributed by atoms with E-state index in [0.29, 0.717) is 6.54 Å². The molecule has 2 amide bonds. The summed E-state index contributed by atoms with van der Waals surface area (Å²) in [7, 11) is 1.55. The van der Waals surface area contributed by atoms with E-state index in [-0.39, 0.29) is 30.2 Å². The Hall–Kier alpha value is -2.17. The van der Waals surface area contributed by atoms with Gasteiger partial charge in [-0.2, -0.15) is 0 Å². The van der Waals surface area contributed by atoms with Crippen molar-refractivity contribution in [3.8, 4) is 0 Å². The van der Waals surface area contributed by atoms with Crippen LogP contribution in [0.5, 0.6) is 0 Å².